The van der Waals surface area contributed by atoms with Gasteiger partial charge in [0.2, 0.25) is 0 Å². The zero-order valence-electron chi connectivity index (χ0n) is 6.32. The summed E-state index contributed by atoms with van der Waals surface area (Å²) in [7, 11) is 0. The first-order valence-corrected chi connectivity index (χ1v) is 5.12. The van der Waals surface area contributed by atoms with Gasteiger partial charge in [-0.1, -0.05) is 15.9 Å². The average molecular weight is 258 g/mol. The summed E-state index contributed by atoms with van der Waals surface area (Å²) in [5.41, 5.74) is 2.44. The molecule has 0 amide bonds. The highest BCUT2D eigenvalue weighted by Gasteiger charge is 2.11. The second kappa shape index (κ2) is 3.08. The zero-order valence-corrected chi connectivity index (χ0v) is 8.72. The lowest BCUT2D eigenvalue weighted by Crippen LogP contribution is -1.97. The van der Waals surface area contributed by atoms with E-state index >= 15 is 0 Å². The number of carboxylic acids is 1. The van der Waals surface area contributed by atoms with Crippen LogP contribution in [0, 0.1) is 0 Å². The monoisotopic (exact) mass is 257 g/mol. The number of aromatic nitrogens is 1. The van der Waals surface area contributed by atoms with Crippen LogP contribution in [-0.4, -0.2) is 16.1 Å². The molecule has 1 aromatic heterocycles. The molecule has 1 N–H and O–H groups in total. The highest BCUT2D eigenvalue weighted by molar-refractivity contribution is 9.10. The van der Waals surface area contributed by atoms with Gasteiger partial charge in [-0.15, -0.1) is 11.3 Å². The summed E-state index contributed by atoms with van der Waals surface area (Å²) in [6.45, 7) is 0. The summed E-state index contributed by atoms with van der Waals surface area (Å²) in [6, 6.07) is 3.42. The van der Waals surface area contributed by atoms with Crippen molar-refractivity contribution in [3.8, 4) is 0 Å². The van der Waals surface area contributed by atoms with E-state index in [1.165, 1.54) is 11.3 Å². The fourth-order valence-corrected chi connectivity index (χ4v) is 2.45. The summed E-state index contributed by atoms with van der Waals surface area (Å²) in [5, 5.41) is 8.87. The zero-order chi connectivity index (χ0) is 9.42. The molecule has 3 nitrogen and oxygen atoms in total. The van der Waals surface area contributed by atoms with Gasteiger partial charge in [-0.05, 0) is 12.1 Å². The number of halogens is 1. The number of benzene rings is 1. The van der Waals surface area contributed by atoms with Gasteiger partial charge in [0, 0.05) is 4.47 Å². The maximum Gasteiger partial charge on any atom is 0.337 e. The van der Waals surface area contributed by atoms with E-state index in [4.69, 9.17) is 5.11 Å². The molecule has 0 saturated carbocycles. The minimum Gasteiger partial charge on any atom is -0.478 e. The number of rotatable bonds is 1. The van der Waals surface area contributed by atoms with E-state index in [9.17, 15) is 4.79 Å². The molecule has 0 spiro atoms. The van der Waals surface area contributed by atoms with Gasteiger partial charge in [0.1, 0.15) is 0 Å². The SMILES string of the molecule is O=C(O)c1cc(Br)cc2scnc12. The molecule has 0 aliphatic carbocycles. The van der Waals surface area contributed by atoms with E-state index < -0.39 is 5.97 Å². The predicted octanol–water partition coefficient (Wildman–Crippen LogP) is 2.76. The molecule has 1 aromatic carbocycles. The molecular formula is C8H4BrNO2S. The van der Waals surface area contributed by atoms with Crippen molar-refractivity contribution in [2.75, 3.05) is 0 Å². The Morgan fingerprint density at radius 2 is 2.31 bits per heavy atom. The molecule has 5 heteroatoms. The molecule has 0 unspecified atom stereocenters. The first-order chi connectivity index (χ1) is 6.18. The number of thiazole rings is 1. The highest BCUT2D eigenvalue weighted by atomic mass is 79.9. The van der Waals surface area contributed by atoms with Crippen molar-refractivity contribution < 1.29 is 9.90 Å². The van der Waals surface area contributed by atoms with Crippen LogP contribution < -0.4 is 0 Å². The first-order valence-electron chi connectivity index (χ1n) is 3.44. The second-order valence-corrected chi connectivity index (χ2v) is 4.26. The summed E-state index contributed by atoms with van der Waals surface area (Å²) in [6.07, 6.45) is 0. The molecule has 0 saturated heterocycles. The van der Waals surface area contributed by atoms with E-state index in [1.54, 1.807) is 11.6 Å². The maximum atomic E-state index is 10.8. The van der Waals surface area contributed by atoms with Crippen LogP contribution in [-0.2, 0) is 0 Å². The van der Waals surface area contributed by atoms with Crippen molar-refractivity contribution in [1.82, 2.24) is 4.98 Å². The first kappa shape index (κ1) is 8.65. The number of carbonyl (C=O) groups is 1. The molecule has 2 aromatic rings. The molecule has 0 aliphatic rings. The number of nitrogens with zero attached hydrogens (tertiary/aromatic N) is 1. The van der Waals surface area contributed by atoms with Crippen LogP contribution >= 0.6 is 27.3 Å². The Bertz CT molecular complexity index is 480. The van der Waals surface area contributed by atoms with Crippen molar-refractivity contribution >= 4 is 43.5 Å². The van der Waals surface area contributed by atoms with Crippen molar-refractivity contribution in [3.05, 3.63) is 27.7 Å². The third kappa shape index (κ3) is 1.45. The van der Waals surface area contributed by atoms with Crippen LogP contribution in [0.15, 0.2) is 22.1 Å². The number of aromatic carboxylic acids is 1. The molecule has 0 fully saturated rings. The number of carboxylic acid groups (broad SMARTS) is 1. The predicted molar refractivity (Wildman–Crippen MR) is 54.3 cm³/mol. The van der Waals surface area contributed by atoms with E-state index in [-0.39, 0.29) is 5.56 Å². The quantitative estimate of drug-likeness (QED) is 0.855. The Hall–Kier alpha value is -0.940. The van der Waals surface area contributed by atoms with Gasteiger partial charge in [-0.3, -0.25) is 0 Å². The van der Waals surface area contributed by atoms with E-state index in [0.717, 1.165) is 9.17 Å². The van der Waals surface area contributed by atoms with Gasteiger partial charge in [0.15, 0.2) is 0 Å². The average Bonchev–Trinajstić information content (AvgIpc) is 2.49. The van der Waals surface area contributed by atoms with Crippen LogP contribution in [0.4, 0.5) is 0 Å². The van der Waals surface area contributed by atoms with E-state index in [1.807, 2.05) is 6.07 Å². The van der Waals surface area contributed by atoms with Gasteiger partial charge in [0.05, 0.1) is 21.3 Å². The Morgan fingerprint density at radius 1 is 1.54 bits per heavy atom. The van der Waals surface area contributed by atoms with Gasteiger partial charge >= 0.3 is 5.97 Å². The standard InChI is InChI=1S/C8H4BrNO2S/c9-4-1-5(8(11)12)7-6(2-4)13-3-10-7/h1-3H,(H,11,12). The second-order valence-electron chi connectivity index (χ2n) is 2.46. The molecule has 0 aliphatic heterocycles. The van der Waals surface area contributed by atoms with Crippen molar-refractivity contribution in [3.63, 3.8) is 0 Å². The Labute approximate surface area is 86.2 Å². The topological polar surface area (TPSA) is 50.2 Å². The molecule has 0 atom stereocenters. The fourth-order valence-electron chi connectivity index (χ4n) is 1.10. The van der Waals surface area contributed by atoms with E-state index in [2.05, 4.69) is 20.9 Å². The molecule has 0 radical (unpaired) electrons. The van der Waals surface area contributed by atoms with Gasteiger partial charge in [-0.25, -0.2) is 9.78 Å². The summed E-state index contributed by atoms with van der Waals surface area (Å²) in [4.78, 5) is 14.8. The molecular weight excluding hydrogens is 254 g/mol. The van der Waals surface area contributed by atoms with Crippen molar-refractivity contribution in [2.45, 2.75) is 0 Å². The van der Waals surface area contributed by atoms with Crippen LogP contribution in [0.3, 0.4) is 0 Å². The Kier molecular flexibility index (Phi) is 2.05. The van der Waals surface area contributed by atoms with Gasteiger partial charge < -0.3 is 5.11 Å². The number of hydrogen-bond acceptors (Lipinski definition) is 3. The number of hydrogen-bond donors (Lipinski definition) is 1. The normalized spacial score (nSPS) is 10.5. The van der Waals surface area contributed by atoms with Gasteiger partial charge in [-0.2, -0.15) is 0 Å². The third-order valence-corrected chi connectivity index (χ3v) is 2.87. The minimum absolute atomic E-state index is 0.241. The largest absolute Gasteiger partial charge is 0.478 e. The summed E-state index contributed by atoms with van der Waals surface area (Å²) < 4.78 is 1.65. The molecule has 1 heterocycles. The molecule has 0 bridgehead atoms. The maximum absolute atomic E-state index is 10.8. The fraction of sp³-hybridized carbons (Fsp3) is 0. The lowest BCUT2D eigenvalue weighted by molar-refractivity contribution is 0.0699. The van der Waals surface area contributed by atoms with Crippen LogP contribution in [0.2, 0.25) is 0 Å². The van der Waals surface area contributed by atoms with E-state index in [0.29, 0.717) is 5.52 Å². The smallest absolute Gasteiger partial charge is 0.337 e. The molecule has 2 rings (SSSR count). The summed E-state index contributed by atoms with van der Waals surface area (Å²) >= 11 is 4.68. The van der Waals surface area contributed by atoms with Crippen LogP contribution in [0.5, 0.6) is 0 Å². The van der Waals surface area contributed by atoms with Crippen molar-refractivity contribution in [2.24, 2.45) is 0 Å². The lowest BCUT2D eigenvalue weighted by atomic mass is 10.2. The van der Waals surface area contributed by atoms with Gasteiger partial charge in [0.25, 0.3) is 0 Å². The van der Waals surface area contributed by atoms with Crippen molar-refractivity contribution in [1.29, 1.82) is 0 Å². The Balaban J connectivity index is 2.84. The Morgan fingerprint density at radius 3 is 3.00 bits per heavy atom. The lowest BCUT2D eigenvalue weighted by Gasteiger charge is -1.96. The minimum atomic E-state index is -0.947. The highest BCUT2D eigenvalue weighted by Crippen LogP contribution is 2.26. The molecule has 13 heavy (non-hydrogen) atoms. The van der Waals surface area contributed by atoms with Crippen LogP contribution in [0.1, 0.15) is 10.4 Å². The summed E-state index contributed by atoms with van der Waals surface area (Å²) in [5.74, 6) is -0.947. The van der Waals surface area contributed by atoms with Crippen LogP contribution in [0.25, 0.3) is 10.2 Å². The number of fused-ring (bicyclic) bond motifs is 1. The molecule has 66 valence electrons. The third-order valence-electron chi connectivity index (χ3n) is 1.63.